The van der Waals surface area contributed by atoms with Crippen molar-refractivity contribution in [2.45, 2.75) is 52.7 Å². The molecule has 0 spiro atoms. The Morgan fingerprint density at radius 1 is 1.43 bits per heavy atom. The number of hydrogen-bond donors (Lipinski definition) is 1. The third kappa shape index (κ3) is 4.81. The first kappa shape index (κ1) is 17.6. The maximum Gasteiger partial charge on any atom is 0.320 e. The van der Waals surface area contributed by atoms with Crippen LogP contribution in [0.4, 0.5) is 0 Å². The first-order valence-corrected chi connectivity index (χ1v) is 7.24. The number of Topliss-reactive ketones (excluding diaryl/α,β-unsaturated/α-hetero) is 1. The quantitative estimate of drug-likeness (QED) is 0.788. The van der Waals surface area contributed by atoms with Gasteiger partial charge in [-0.3, -0.25) is 19.3 Å². The molecule has 1 N–H and O–H groups in total. The molecule has 1 aliphatic heterocycles. The highest BCUT2D eigenvalue weighted by Gasteiger charge is 2.41. The second-order valence-corrected chi connectivity index (χ2v) is 6.67. The van der Waals surface area contributed by atoms with Gasteiger partial charge in [0.15, 0.2) is 0 Å². The fourth-order valence-electron chi connectivity index (χ4n) is 2.73. The van der Waals surface area contributed by atoms with Gasteiger partial charge in [0.05, 0.1) is 12.5 Å². The van der Waals surface area contributed by atoms with Crippen LogP contribution in [0.2, 0.25) is 0 Å². The van der Waals surface area contributed by atoms with Gasteiger partial charge < -0.3 is 9.84 Å². The number of aliphatic carboxylic acids is 1. The number of carbonyl (C=O) groups excluding carboxylic acids is 2. The number of carboxylic acid groups (broad SMARTS) is 1. The molecule has 1 heterocycles. The molecule has 0 aromatic heterocycles. The lowest BCUT2D eigenvalue weighted by molar-refractivity contribution is -0.159. The summed E-state index contributed by atoms with van der Waals surface area (Å²) in [6, 6.07) is -0.287. The number of esters is 1. The Hall–Kier alpha value is -1.43. The summed E-state index contributed by atoms with van der Waals surface area (Å²) in [5.41, 5.74) is -0.556. The van der Waals surface area contributed by atoms with Crippen LogP contribution in [-0.4, -0.2) is 52.5 Å². The number of rotatable bonds is 4. The molecule has 1 rings (SSSR count). The molecule has 0 radical (unpaired) electrons. The highest BCUT2D eigenvalue weighted by atomic mass is 16.6. The molecule has 3 atom stereocenters. The number of ether oxygens (including phenoxy) is 1. The zero-order chi connectivity index (χ0) is 16.4. The highest BCUT2D eigenvalue weighted by molar-refractivity contribution is 5.87. The summed E-state index contributed by atoms with van der Waals surface area (Å²) in [7, 11) is 0. The van der Waals surface area contributed by atoms with Crippen LogP contribution in [0, 0.1) is 11.8 Å². The van der Waals surface area contributed by atoms with Crippen molar-refractivity contribution >= 4 is 17.7 Å². The molecule has 0 aliphatic carbocycles. The van der Waals surface area contributed by atoms with E-state index in [2.05, 4.69) is 0 Å². The summed E-state index contributed by atoms with van der Waals surface area (Å²) in [5, 5.41) is 9.13. The molecule has 120 valence electrons. The minimum atomic E-state index is -0.987. The fourth-order valence-corrected chi connectivity index (χ4v) is 2.73. The molecule has 1 fully saturated rings. The number of ketones is 1. The van der Waals surface area contributed by atoms with Gasteiger partial charge >= 0.3 is 11.9 Å². The van der Waals surface area contributed by atoms with E-state index < -0.39 is 23.4 Å². The van der Waals surface area contributed by atoms with E-state index in [0.717, 1.165) is 0 Å². The molecular weight excluding hydrogens is 274 g/mol. The molecule has 0 aromatic carbocycles. The molecule has 21 heavy (non-hydrogen) atoms. The van der Waals surface area contributed by atoms with Crippen LogP contribution in [0.15, 0.2) is 0 Å². The Morgan fingerprint density at radius 2 is 2.00 bits per heavy atom. The molecule has 0 aromatic rings. The second kappa shape index (κ2) is 6.56. The lowest BCUT2D eigenvalue weighted by Crippen LogP contribution is -2.53. The van der Waals surface area contributed by atoms with Crippen molar-refractivity contribution < 1.29 is 24.2 Å². The van der Waals surface area contributed by atoms with Crippen molar-refractivity contribution in [3.63, 3.8) is 0 Å². The summed E-state index contributed by atoms with van der Waals surface area (Å²) in [5.74, 6) is -2.73. The van der Waals surface area contributed by atoms with Crippen molar-refractivity contribution in [1.29, 1.82) is 0 Å². The van der Waals surface area contributed by atoms with E-state index in [-0.39, 0.29) is 30.8 Å². The monoisotopic (exact) mass is 299 g/mol. The first-order chi connectivity index (χ1) is 9.53. The Labute approximate surface area is 125 Å². The van der Waals surface area contributed by atoms with Crippen LogP contribution >= 0.6 is 0 Å². The van der Waals surface area contributed by atoms with Gasteiger partial charge in [-0.05, 0) is 27.7 Å². The maximum absolute atomic E-state index is 12.0. The summed E-state index contributed by atoms with van der Waals surface area (Å²) in [6.45, 7) is 9.26. The maximum atomic E-state index is 12.0. The van der Waals surface area contributed by atoms with E-state index in [9.17, 15) is 14.4 Å². The largest absolute Gasteiger partial charge is 0.481 e. The predicted molar refractivity (Wildman–Crippen MR) is 76.8 cm³/mol. The van der Waals surface area contributed by atoms with Crippen LogP contribution < -0.4 is 0 Å². The summed E-state index contributed by atoms with van der Waals surface area (Å²) >= 11 is 0. The number of carboxylic acids is 1. The smallest absolute Gasteiger partial charge is 0.320 e. The fraction of sp³-hybridized carbons (Fsp3) is 0.800. The highest BCUT2D eigenvalue weighted by Crippen LogP contribution is 2.27. The number of likely N-dealkylation sites (tertiary alicyclic amines) is 1. The molecule has 6 heteroatoms. The van der Waals surface area contributed by atoms with Crippen molar-refractivity contribution in [2.24, 2.45) is 11.8 Å². The average Bonchev–Trinajstić information content (AvgIpc) is 2.30. The van der Waals surface area contributed by atoms with Gasteiger partial charge in [0.2, 0.25) is 0 Å². The second-order valence-electron chi connectivity index (χ2n) is 6.67. The zero-order valence-corrected chi connectivity index (χ0v) is 13.4. The van der Waals surface area contributed by atoms with E-state index in [0.29, 0.717) is 6.54 Å². The molecule has 6 nitrogen and oxygen atoms in total. The molecule has 0 amide bonds. The zero-order valence-electron chi connectivity index (χ0n) is 13.4. The number of hydrogen-bond acceptors (Lipinski definition) is 5. The molecule has 0 bridgehead atoms. The van der Waals surface area contributed by atoms with Gasteiger partial charge in [-0.25, -0.2) is 0 Å². The normalized spacial score (nSPS) is 25.5. The van der Waals surface area contributed by atoms with E-state index in [4.69, 9.17) is 9.84 Å². The van der Waals surface area contributed by atoms with Gasteiger partial charge in [0.1, 0.15) is 11.4 Å². The van der Waals surface area contributed by atoms with Gasteiger partial charge in [-0.15, -0.1) is 0 Å². The van der Waals surface area contributed by atoms with Crippen LogP contribution in [0.5, 0.6) is 0 Å². The van der Waals surface area contributed by atoms with Crippen LogP contribution in [0.25, 0.3) is 0 Å². The van der Waals surface area contributed by atoms with Gasteiger partial charge in [-0.2, -0.15) is 0 Å². The van der Waals surface area contributed by atoms with Gasteiger partial charge in [0.25, 0.3) is 0 Å². The average molecular weight is 299 g/mol. The van der Waals surface area contributed by atoms with E-state index >= 15 is 0 Å². The third-order valence-electron chi connectivity index (χ3n) is 3.79. The Morgan fingerprint density at radius 3 is 2.48 bits per heavy atom. The minimum Gasteiger partial charge on any atom is -0.481 e. The molecule has 0 saturated carbocycles. The Bertz CT molecular complexity index is 426. The molecule has 1 aliphatic rings. The standard InChI is InChI=1S/C15H25NO5/c1-9(14(19)20)13-10(2)16(7-6-11(13)17)8-12(18)21-15(3,4)5/h9-10,13H,6-8H2,1-5H3,(H,19,20). The lowest BCUT2D eigenvalue weighted by atomic mass is 9.80. The number of piperidine rings is 1. The van der Waals surface area contributed by atoms with E-state index in [1.165, 1.54) is 0 Å². The minimum absolute atomic E-state index is 0.0437. The predicted octanol–water partition coefficient (Wildman–Crippen LogP) is 1.33. The van der Waals surface area contributed by atoms with E-state index in [1.807, 2.05) is 4.90 Å². The summed E-state index contributed by atoms with van der Waals surface area (Å²) in [6.07, 6.45) is 0.273. The molecular formula is C15H25NO5. The molecule has 3 unspecified atom stereocenters. The van der Waals surface area contributed by atoms with Crippen molar-refractivity contribution in [2.75, 3.05) is 13.1 Å². The third-order valence-corrected chi connectivity index (χ3v) is 3.79. The van der Waals surface area contributed by atoms with Crippen LogP contribution in [0.3, 0.4) is 0 Å². The van der Waals surface area contributed by atoms with Crippen molar-refractivity contribution in [3.8, 4) is 0 Å². The SMILES string of the molecule is CC(C(=O)O)C1C(=O)CCN(CC(=O)OC(C)(C)C)C1C. The summed E-state index contributed by atoms with van der Waals surface area (Å²) < 4.78 is 5.28. The molecule has 1 saturated heterocycles. The Balaban J connectivity index is 2.75. The van der Waals surface area contributed by atoms with Crippen LogP contribution in [-0.2, 0) is 19.1 Å². The summed E-state index contributed by atoms with van der Waals surface area (Å²) in [4.78, 5) is 36.9. The van der Waals surface area contributed by atoms with Crippen molar-refractivity contribution in [3.05, 3.63) is 0 Å². The van der Waals surface area contributed by atoms with E-state index in [1.54, 1.807) is 34.6 Å². The lowest BCUT2D eigenvalue weighted by Gasteiger charge is -2.39. The van der Waals surface area contributed by atoms with Gasteiger partial charge in [0, 0.05) is 24.9 Å². The number of nitrogens with zero attached hydrogens (tertiary/aromatic N) is 1. The Kier molecular flexibility index (Phi) is 5.50. The van der Waals surface area contributed by atoms with Crippen LogP contribution in [0.1, 0.15) is 41.0 Å². The first-order valence-electron chi connectivity index (χ1n) is 7.24. The van der Waals surface area contributed by atoms with Crippen molar-refractivity contribution in [1.82, 2.24) is 4.90 Å². The van der Waals surface area contributed by atoms with Gasteiger partial charge in [-0.1, -0.05) is 6.92 Å². The number of carbonyl (C=O) groups is 3. The topological polar surface area (TPSA) is 83.9 Å².